The number of nitrogens with zero attached hydrogens (tertiary/aromatic N) is 2. The van der Waals surface area contributed by atoms with Crippen LogP contribution in [0, 0.1) is 27.7 Å². The molecule has 226 valence electrons. The van der Waals surface area contributed by atoms with E-state index in [1.54, 1.807) is 32.4 Å². The van der Waals surface area contributed by atoms with Gasteiger partial charge >= 0.3 is 0 Å². The Labute approximate surface area is 266 Å². The number of imide groups is 2. The zero-order chi connectivity index (χ0) is 31.7. The van der Waals surface area contributed by atoms with Crippen LogP contribution in [-0.4, -0.2) is 60.7 Å². The summed E-state index contributed by atoms with van der Waals surface area (Å²) >= 11 is 1.97. The van der Waals surface area contributed by atoms with Crippen LogP contribution in [0.5, 0.6) is 11.5 Å². The fraction of sp³-hybridized carbons (Fsp3) is 0.294. The Morgan fingerprint density at radius 3 is 1.74 bits per heavy atom. The van der Waals surface area contributed by atoms with E-state index >= 15 is 0 Å². The fourth-order valence-corrected chi connectivity index (χ4v) is 5.10. The van der Waals surface area contributed by atoms with Crippen LogP contribution in [0.3, 0.4) is 0 Å². The Kier molecular flexibility index (Phi) is 12.1. The van der Waals surface area contributed by atoms with Crippen LogP contribution in [-0.2, 0) is 19.2 Å². The summed E-state index contributed by atoms with van der Waals surface area (Å²) in [6.45, 7) is 8.85. The molecular formula is C34H37IN2O6. The normalized spacial score (nSPS) is 15.0. The first-order valence-electron chi connectivity index (χ1n) is 13.9. The van der Waals surface area contributed by atoms with Gasteiger partial charge in [0.15, 0.2) is 0 Å². The number of aryl methyl sites for hydroxylation is 2. The molecule has 0 saturated heterocycles. The third-order valence-corrected chi connectivity index (χ3v) is 8.17. The number of hydrogen-bond acceptors (Lipinski definition) is 6. The number of amides is 4. The summed E-state index contributed by atoms with van der Waals surface area (Å²) in [5.74, 6) is 0.524. The number of carbonyl (C=O) groups excluding carboxylic acids is 4. The van der Waals surface area contributed by atoms with Crippen molar-refractivity contribution in [3.8, 4) is 11.5 Å². The van der Waals surface area contributed by atoms with Crippen LogP contribution >= 0.6 is 22.6 Å². The minimum Gasteiger partial charge on any atom is -0.496 e. The van der Waals surface area contributed by atoms with Gasteiger partial charge in [-0.25, -0.2) is 0 Å². The summed E-state index contributed by atoms with van der Waals surface area (Å²) in [4.78, 5) is 50.3. The molecule has 8 nitrogen and oxygen atoms in total. The van der Waals surface area contributed by atoms with E-state index in [2.05, 4.69) is 0 Å². The highest BCUT2D eigenvalue weighted by Crippen LogP contribution is 2.25. The van der Waals surface area contributed by atoms with Crippen LogP contribution in [0.4, 0.5) is 0 Å². The van der Waals surface area contributed by atoms with Gasteiger partial charge in [0.1, 0.15) is 11.5 Å². The molecule has 0 unspecified atom stereocenters. The van der Waals surface area contributed by atoms with Gasteiger partial charge < -0.3 is 9.47 Å². The molecule has 2 heterocycles. The maximum Gasteiger partial charge on any atom is 0.266 e. The first kappa shape index (κ1) is 33.5. The summed E-state index contributed by atoms with van der Waals surface area (Å²) in [7, 11) is 3.25. The van der Waals surface area contributed by atoms with E-state index < -0.39 is 0 Å². The molecule has 0 saturated carbocycles. The number of methoxy groups -OCH3 is 2. The maximum atomic E-state index is 12.2. The number of hydrogen-bond donors (Lipinski definition) is 0. The molecule has 0 fully saturated rings. The molecule has 2 aromatic carbocycles. The first-order chi connectivity index (χ1) is 20.5. The quantitative estimate of drug-likeness (QED) is 0.270. The molecule has 0 aromatic heterocycles. The fourth-order valence-electron chi connectivity index (χ4n) is 4.49. The van der Waals surface area contributed by atoms with E-state index in [9.17, 15) is 19.2 Å². The van der Waals surface area contributed by atoms with Crippen molar-refractivity contribution in [1.82, 2.24) is 9.80 Å². The van der Waals surface area contributed by atoms with Crippen molar-refractivity contribution < 1.29 is 28.7 Å². The van der Waals surface area contributed by atoms with Gasteiger partial charge in [0.2, 0.25) is 0 Å². The van der Waals surface area contributed by atoms with Crippen molar-refractivity contribution in [2.75, 3.05) is 27.3 Å². The van der Waals surface area contributed by atoms with E-state index in [-0.39, 0.29) is 23.6 Å². The number of carbonyl (C=O) groups is 4. The predicted octanol–water partition coefficient (Wildman–Crippen LogP) is 6.04. The lowest BCUT2D eigenvalue weighted by atomic mass is 10.0. The smallest absolute Gasteiger partial charge is 0.266 e. The number of rotatable bonds is 6. The molecule has 0 atom stereocenters. The Balaban J connectivity index is 0.000000236. The predicted molar refractivity (Wildman–Crippen MR) is 177 cm³/mol. The average Bonchev–Trinajstić information content (AvgIpc) is 2.99. The highest BCUT2D eigenvalue weighted by Gasteiger charge is 2.24. The zero-order valence-corrected chi connectivity index (χ0v) is 27.6. The standard InChI is InChI=1S/C17H18INO3.C17H19NO3/c1-11-9-13(10-15(22-3)12(11)2)6-7-16(20)19-8-4-5-14(18)17(19)21;1-12-10-14(11-15(21-3)13(12)2)7-8-17(20)18-9-5-4-6-16(18)19/h5-7,9-10H,4,8H2,1-3H3;4,6-8,10-11H,5,9H2,1-3H3/b7-6+;8-7+. The van der Waals surface area contributed by atoms with Crippen LogP contribution in [0.15, 0.2) is 58.2 Å². The molecule has 0 N–H and O–H groups in total. The molecule has 2 aromatic rings. The van der Waals surface area contributed by atoms with Crippen LogP contribution < -0.4 is 9.47 Å². The maximum absolute atomic E-state index is 12.2. The second kappa shape index (κ2) is 15.5. The van der Waals surface area contributed by atoms with Gasteiger partial charge in [-0.1, -0.05) is 24.3 Å². The molecule has 2 aliphatic heterocycles. The lowest BCUT2D eigenvalue weighted by molar-refractivity contribution is -0.140. The first-order valence-corrected chi connectivity index (χ1v) is 14.9. The Bertz CT molecular complexity index is 1540. The summed E-state index contributed by atoms with van der Waals surface area (Å²) < 4.78 is 11.2. The summed E-state index contributed by atoms with van der Waals surface area (Å²) in [6.07, 6.45) is 12.8. The van der Waals surface area contributed by atoms with Crippen molar-refractivity contribution in [3.05, 3.63) is 91.6 Å². The van der Waals surface area contributed by atoms with E-state index in [1.165, 1.54) is 28.0 Å². The Hall–Kier alpha value is -3.99. The highest BCUT2D eigenvalue weighted by atomic mass is 127. The van der Waals surface area contributed by atoms with E-state index in [0.717, 1.165) is 44.9 Å². The van der Waals surface area contributed by atoms with Crippen molar-refractivity contribution in [2.45, 2.75) is 40.5 Å². The lowest BCUT2D eigenvalue weighted by Gasteiger charge is -2.21. The zero-order valence-electron chi connectivity index (χ0n) is 25.4. The highest BCUT2D eigenvalue weighted by molar-refractivity contribution is 14.1. The second-order valence-electron chi connectivity index (χ2n) is 10.2. The molecule has 9 heteroatoms. The van der Waals surface area contributed by atoms with Gasteiger partial charge in [-0.2, -0.15) is 0 Å². The molecule has 0 radical (unpaired) electrons. The minimum absolute atomic E-state index is 0.223. The molecule has 0 aliphatic carbocycles. The van der Waals surface area contributed by atoms with Crippen LogP contribution in [0.25, 0.3) is 12.2 Å². The Morgan fingerprint density at radius 2 is 1.26 bits per heavy atom. The van der Waals surface area contributed by atoms with Crippen molar-refractivity contribution in [3.63, 3.8) is 0 Å². The van der Waals surface area contributed by atoms with Gasteiger partial charge in [0.05, 0.1) is 17.8 Å². The third-order valence-electron chi connectivity index (χ3n) is 7.26. The number of halogens is 1. The monoisotopic (exact) mass is 696 g/mol. The van der Waals surface area contributed by atoms with Gasteiger partial charge in [0, 0.05) is 25.2 Å². The largest absolute Gasteiger partial charge is 0.496 e. The lowest BCUT2D eigenvalue weighted by Crippen LogP contribution is -2.38. The average molecular weight is 697 g/mol. The van der Waals surface area contributed by atoms with Crippen molar-refractivity contribution in [2.24, 2.45) is 0 Å². The minimum atomic E-state index is -0.290. The van der Waals surface area contributed by atoms with Gasteiger partial charge in [-0.05, 0) is 127 Å². The van der Waals surface area contributed by atoms with E-state index in [4.69, 9.17) is 9.47 Å². The van der Waals surface area contributed by atoms with E-state index in [0.29, 0.717) is 29.5 Å². The third kappa shape index (κ3) is 8.76. The van der Waals surface area contributed by atoms with Crippen LogP contribution in [0.1, 0.15) is 46.2 Å². The summed E-state index contributed by atoms with van der Waals surface area (Å²) in [5.41, 5.74) is 6.11. The Morgan fingerprint density at radius 1 is 0.767 bits per heavy atom. The molecular weight excluding hydrogens is 659 g/mol. The van der Waals surface area contributed by atoms with Gasteiger partial charge in [-0.15, -0.1) is 0 Å². The molecule has 4 rings (SSSR count). The summed E-state index contributed by atoms with van der Waals surface area (Å²) in [6, 6.07) is 7.74. The summed E-state index contributed by atoms with van der Waals surface area (Å²) in [5, 5.41) is 0. The molecule has 0 bridgehead atoms. The molecule has 2 aliphatic rings. The number of ether oxygens (including phenoxy) is 2. The molecule has 43 heavy (non-hydrogen) atoms. The number of benzene rings is 2. The molecule has 4 amide bonds. The van der Waals surface area contributed by atoms with Crippen molar-refractivity contribution in [1.29, 1.82) is 0 Å². The topological polar surface area (TPSA) is 93.2 Å². The van der Waals surface area contributed by atoms with Crippen LogP contribution in [0.2, 0.25) is 0 Å². The second-order valence-corrected chi connectivity index (χ2v) is 11.3. The SMILES string of the molecule is COc1cc(/C=C/C(=O)N2CCC=C(I)C2=O)cc(C)c1C.COc1cc(/C=C/C(=O)N2CCC=CC2=O)cc(C)c1C. The molecule has 0 spiro atoms. The van der Waals surface area contributed by atoms with Crippen molar-refractivity contribution >= 4 is 58.4 Å². The van der Waals surface area contributed by atoms with Gasteiger partial charge in [-0.3, -0.25) is 29.0 Å². The van der Waals surface area contributed by atoms with E-state index in [1.807, 2.05) is 80.6 Å². The van der Waals surface area contributed by atoms with Gasteiger partial charge in [0.25, 0.3) is 23.6 Å².